The van der Waals surface area contributed by atoms with Crippen molar-refractivity contribution < 1.29 is 14.6 Å². The molecule has 0 aliphatic heterocycles. The third kappa shape index (κ3) is 4.85. The Labute approximate surface area is 126 Å². The highest BCUT2D eigenvalue weighted by molar-refractivity contribution is 6.33. The lowest BCUT2D eigenvalue weighted by Gasteiger charge is -2.16. The molecule has 4 nitrogen and oxygen atoms in total. The SMILES string of the molecule is COc1ccc(CNCC(O)CC(C)C)c(Cl)c1OC. The molecule has 0 aliphatic carbocycles. The number of hydrogen-bond acceptors (Lipinski definition) is 4. The molecule has 0 bridgehead atoms. The number of methoxy groups -OCH3 is 2. The van der Waals surface area contributed by atoms with Crippen molar-refractivity contribution in [3.63, 3.8) is 0 Å². The Kier molecular flexibility index (Phi) is 7.13. The molecule has 20 heavy (non-hydrogen) atoms. The van der Waals surface area contributed by atoms with Crippen LogP contribution >= 0.6 is 11.6 Å². The Morgan fingerprint density at radius 2 is 1.95 bits per heavy atom. The van der Waals surface area contributed by atoms with Gasteiger partial charge in [-0.15, -0.1) is 0 Å². The first-order valence-corrected chi connectivity index (χ1v) is 7.15. The number of hydrogen-bond donors (Lipinski definition) is 2. The van der Waals surface area contributed by atoms with Gasteiger partial charge in [0.2, 0.25) is 0 Å². The zero-order valence-electron chi connectivity index (χ0n) is 12.6. The van der Waals surface area contributed by atoms with Gasteiger partial charge in [-0.25, -0.2) is 0 Å². The zero-order chi connectivity index (χ0) is 15.1. The van der Waals surface area contributed by atoms with Gasteiger partial charge < -0.3 is 19.9 Å². The quantitative estimate of drug-likeness (QED) is 0.775. The smallest absolute Gasteiger partial charge is 0.179 e. The highest BCUT2D eigenvalue weighted by Crippen LogP contribution is 2.37. The molecule has 1 atom stereocenters. The fourth-order valence-corrected chi connectivity index (χ4v) is 2.37. The molecule has 2 N–H and O–H groups in total. The summed E-state index contributed by atoms with van der Waals surface area (Å²) in [5.41, 5.74) is 0.918. The summed E-state index contributed by atoms with van der Waals surface area (Å²) >= 11 is 6.28. The Bertz CT molecular complexity index is 424. The second kappa shape index (κ2) is 8.35. The number of benzene rings is 1. The molecule has 1 unspecified atom stereocenters. The summed E-state index contributed by atoms with van der Waals surface area (Å²) in [6.07, 6.45) is 0.445. The van der Waals surface area contributed by atoms with Crippen molar-refractivity contribution in [1.82, 2.24) is 5.32 Å². The molecular formula is C15H24ClNO3. The molecule has 0 radical (unpaired) electrons. The van der Waals surface area contributed by atoms with Gasteiger partial charge in [0, 0.05) is 13.1 Å². The molecule has 0 saturated carbocycles. The maximum absolute atomic E-state index is 9.81. The summed E-state index contributed by atoms with van der Waals surface area (Å²) in [6, 6.07) is 3.72. The highest BCUT2D eigenvalue weighted by Gasteiger charge is 2.13. The number of rotatable bonds is 8. The number of aliphatic hydroxyl groups is 1. The van der Waals surface area contributed by atoms with Gasteiger partial charge in [-0.05, 0) is 24.0 Å². The van der Waals surface area contributed by atoms with Crippen molar-refractivity contribution >= 4 is 11.6 Å². The lowest BCUT2D eigenvalue weighted by atomic mass is 10.1. The normalized spacial score (nSPS) is 12.6. The summed E-state index contributed by atoms with van der Waals surface area (Å²) in [7, 11) is 3.14. The van der Waals surface area contributed by atoms with E-state index in [1.54, 1.807) is 14.2 Å². The van der Waals surface area contributed by atoms with Crippen LogP contribution in [0.2, 0.25) is 5.02 Å². The molecule has 0 aromatic heterocycles. The van der Waals surface area contributed by atoms with Crippen molar-refractivity contribution in [3.8, 4) is 11.5 Å². The second-order valence-electron chi connectivity index (χ2n) is 5.19. The minimum Gasteiger partial charge on any atom is -0.493 e. The molecule has 0 fully saturated rings. The predicted molar refractivity (Wildman–Crippen MR) is 81.7 cm³/mol. The monoisotopic (exact) mass is 301 g/mol. The van der Waals surface area contributed by atoms with Gasteiger partial charge in [0.05, 0.1) is 25.3 Å². The fourth-order valence-electron chi connectivity index (χ4n) is 2.07. The standard InChI is InChI=1S/C15H24ClNO3/c1-10(2)7-12(18)9-17-8-11-5-6-13(19-3)15(20-4)14(11)16/h5-6,10,12,17-18H,7-9H2,1-4H3. The van der Waals surface area contributed by atoms with E-state index in [4.69, 9.17) is 21.1 Å². The van der Waals surface area contributed by atoms with Gasteiger partial charge >= 0.3 is 0 Å². The summed E-state index contributed by atoms with van der Waals surface area (Å²) in [5, 5.41) is 13.6. The number of nitrogens with one attached hydrogen (secondary N) is 1. The number of halogens is 1. The minimum absolute atomic E-state index is 0.339. The Morgan fingerprint density at radius 3 is 2.50 bits per heavy atom. The second-order valence-corrected chi connectivity index (χ2v) is 5.57. The average molecular weight is 302 g/mol. The van der Waals surface area contributed by atoms with E-state index in [-0.39, 0.29) is 6.10 Å². The third-order valence-electron chi connectivity index (χ3n) is 3.00. The van der Waals surface area contributed by atoms with Crippen LogP contribution in [0.4, 0.5) is 0 Å². The van der Waals surface area contributed by atoms with Crippen LogP contribution in [0.3, 0.4) is 0 Å². The average Bonchev–Trinajstić information content (AvgIpc) is 2.39. The van der Waals surface area contributed by atoms with Gasteiger partial charge in [-0.2, -0.15) is 0 Å². The molecule has 1 aromatic carbocycles. The third-order valence-corrected chi connectivity index (χ3v) is 3.42. The van der Waals surface area contributed by atoms with E-state index in [1.807, 2.05) is 12.1 Å². The first-order chi connectivity index (χ1) is 9.49. The van der Waals surface area contributed by atoms with Crippen molar-refractivity contribution in [2.45, 2.75) is 32.9 Å². The fraction of sp³-hybridized carbons (Fsp3) is 0.600. The van der Waals surface area contributed by atoms with Crippen LogP contribution in [-0.2, 0) is 6.54 Å². The van der Waals surface area contributed by atoms with E-state index < -0.39 is 0 Å². The summed E-state index contributed by atoms with van der Waals surface area (Å²) in [6.45, 7) is 5.31. The van der Waals surface area contributed by atoms with Crippen LogP contribution in [0.15, 0.2) is 12.1 Å². The van der Waals surface area contributed by atoms with Gasteiger partial charge in [0.1, 0.15) is 0 Å². The van der Waals surface area contributed by atoms with Crippen molar-refractivity contribution in [2.75, 3.05) is 20.8 Å². The molecule has 0 amide bonds. The molecule has 1 rings (SSSR count). The van der Waals surface area contributed by atoms with Crippen molar-refractivity contribution in [1.29, 1.82) is 0 Å². The molecule has 0 aliphatic rings. The van der Waals surface area contributed by atoms with E-state index in [9.17, 15) is 5.11 Å². The van der Waals surface area contributed by atoms with Crippen LogP contribution < -0.4 is 14.8 Å². The largest absolute Gasteiger partial charge is 0.493 e. The predicted octanol–water partition coefficient (Wildman–Crippen LogP) is 2.85. The van der Waals surface area contributed by atoms with Crippen LogP contribution in [0.25, 0.3) is 0 Å². The Hall–Kier alpha value is -0.970. The lowest BCUT2D eigenvalue weighted by molar-refractivity contribution is 0.146. The summed E-state index contributed by atoms with van der Waals surface area (Å²) < 4.78 is 10.4. The number of aliphatic hydroxyl groups excluding tert-OH is 1. The van der Waals surface area contributed by atoms with Crippen LogP contribution in [-0.4, -0.2) is 32.0 Å². The van der Waals surface area contributed by atoms with Crippen molar-refractivity contribution in [2.24, 2.45) is 5.92 Å². The zero-order valence-corrected chi connectivity index (χ0v) is 13.3. The Balaban J connectivity index is 2.60. The van der Waals surface area contributed by atoms with Crippen molar-refractivity contribution in [3.05, 3.63) is 22.7 Å². The van der Waals surface area contributed by atoms with Gasteiger partial charge in [0.15, 0.2) is 11.5 Å². The minimum atomic E-state index is -0.339. The van der Waals surface area contributed by atoms with Crippen LogP contribution in [0.5, 0.6) is 11.5 Å². The maximum Gasteiger partial charge on any atom is 0.179 e. The van der Waals surface area contributed by atoms with E-state index in [1.165, 1.54) is 0 Å². The van der Waals surface area contributed by atoms with Gasteiger partial charge in [-0.3, -0.25) is 0 Å². The molecule has 114 valence electrons. The molecule has 0 spiro atoms. The molecular weight excluding hydrogens is 278 g/mol. The first kappa shape index (κ1) is 17.1. The van der Waals surface area contributed by atoms with Gasteiger partial charge in [0.25, 0.3) is 0 Å². The molecule has 5 heteroatoms. The lowest BCUT2D eigenvalue weighted by Crippen LogP contribution is -2.27. The highest BCUT2D eigenvalue weighted by atomic mass is 35.5. The van der Waals surface area contributed by atoms with Crippen LogP contribution in [0.1, 0.15) is 25.8 Å². The molecule has 1 aromatic rings. The van der Waals surface area contributed by atoms with E-state index >= 15 is 0 Å². The molecule has 0 heterocycles. The van der Waals surface area contributed by atoms with Crippen LogP contribution in [0, 0.1) is 5.92 Å². The van der Waals surface area contributed by atoms with E-state index in [0.29, 0.717) is 35.5 Å². The van der Waals surface area contributed by atoms with Gasteiger partial charge in [-0.1, -0.05) is 31.5 Å². The first-order valence-electron chi connectivity index (χ1n) is 6.77. The van der Waals surface area contributed by atoms with E-state index in [0.717, 1.165) is 12.0 Å². The Morgan fingerprint density at radius 1 is 1.25 bits per heavy atom. The number of ether oxygens (including phenoxy) is 2. The topological polar surface area (TPSA) is 50.7 Å². The molecule has 0 saturated heterocycles. The summed E-state index contributed by atoms with van der Waals surface area (Å²) in [4.78, 5) is 0. The maximum atomic E-state index is 9.81. The summed E-state index contributed by atoms with van der Waals surface area (Å²) in [5.74, 6) is 1.63. The van der Waals surface area contributed by atoms with E-state index in [2.05, 4.69) is 19.2 Å².